The summed E-state index contributed by atoms with van der Waals surface area (Å²) < 4.78 is 0. The third kappa shape index (κ3) is 2.49. The number of carbonyl (C=O) groups is 2. The van der Waals surface area contributed by atoms with Gasteiger partial charge in [-0.05, 0) is 6.08 Å². The largest absolute Gasteiger partial charge is 0.273 e. The minimum atomic E-state index is -0.654. The first-order chi connectivity index (χ1) is 5.13. The number of imide groups is 1. The fourth-order valence-electron chi connectivity index (χ4n) is 0.430. The molecule has 58 valence electrons. The van der Waals surface area contributed by atoms with Crippen LogP contribution in [0.1, 0.15) is 6.92 Å². The number of nitrogens with one attached hydrogen (secondary N) is 1. The van der Waals surface area contributed by atoms with Crippen molar-refractivity contribution in [3.05, 3.63) is 12.7 Å². The Morgan fingerprint density at radius 3 is 2.55 bits per heavy atom. The number of rotatable bonds is 2. The van der Waals surface area contributed by atoms with E-state index < -0.39 is 11.8 Å². The van der Waals surface area contributed by atoms with Gasteiger partial charge in [0.15, 0.2) is 6.19 Å². The molecule has 0 fully saturated rings. The van der Waals surface area contributed by atoms with Crippen molar-refractivity contribution >= 4 is 11.8 Å². The van der Waals surface area contributed by atoms with E-state index in [4.69, 9.17) is 5.26 Å². The summed E-state index contributed by atoms with van der Waals surface area (Å²) in [5.41, 5.74) is 1.90. The molecule has 11 heavy (non-hydrogen) atoms. The van der Waals surface area contributed by atoms with Crippen LogP contribution in [0.15, 0.2) is 12.7 Å². The van der Waals surface area contributed by atoms with Gasteiger partial charge >= 0.3 is 0 Å². The second-order valence-electron chi connectivity index (χ2n) is 1.62. The Balaban J connectivity index is 4.36. The van der Waals surface area contributed by atoms with Crippen LogP contribution < -0.4 is 5.43 Å². The predicted molar refractivity (Wildman–Crippen MR) is 36.5 cm³/mol. The second-order valence-corrected chi connectivity index (χ2v) is 1.62. The van der Waals surface area contributed by atoms with Crippen molar-refractivity contribution in [3.63, 3.8) is 0 Å². The zero-order valence-corrected chi connectivity index (χ0v) is 6.00. The Morgan fingerprint density at radius 1 is 1.73 bits per heavy atom. The van der Waals surface area contributed by atoms with E-state index in [9.17, 15) is 9.59 Å². The minimum Gasteiger partial charge on any atom is -0.273 e. The van der Waals surface area contributed by atoms with Gasteiger partial charge in [0.25, 0.3) is 5.91 Å². The molecule has 0 aliphatic carbocycles. The maximum absolute atomic E-state index is 10.7. The third-order valence-electron chi connectivity index (χ3n) is 0.872. The second kappa shape index (κ2) is 4.06. The highest BCUT2D eigenvalue weighted by atomic mass is 16.2. The Hall–Kier alpha value is -1.83. The van der Waals surface area contributed by atoms with Crippen LogP contribution in [0.2, 0.25) is 0 Å². The molecule has 0 aromatic heterocycles. The highest BCUT2D eigenvalue weighted by molar-refractivity contribution is 5.99. The van der Waals surface area contributed by atoms with Crippen LogP contribution in [-0.2, 0) is 9.59 Å². The lowest BCUT2D eigenvalue weighted by Gasteiger charge is -2.12. The van der Waals surface area contributed by atoms with Crippen molar-refractivity contribution in [1.82, 2.24) is 10.4 Å². The Morgan fingerprint density at radius 2 is 2.27 bits per heavy atom. The summed E-state index contributed by atoms with van der Waals surface area (Å²) in [5, 5.41) is 8.65. The van der Waals surface area contributed by atoms with E-state index in [1.54, 1.807) is 0 Å². The molecule has 0 atom stereocenters. The van der Waals surface area contributed by atoms with E-state index in [2.05, 4.69) is 6.58 Å². The normalized spacial score (nSPS) is 7.64. The molecule has 0 unspecified atom stereocenters. The van der Waals surface area contributed by atoms with E-state index in [1.165, 1.54) is 6.19 Å². The van der Waals surface area contributed by atoms with E-state index in [0.717, 1.165) is 13.0 Å². The fourth-order valence-corrected chi connectivity index (χ4v) is 0.430. The molecule has 0 spiro atoms. The number of hydrogen-bond acceptors (Lipinski definition) is 4. The zero-order chi connectivity index (χ0) is 8.85. The molecule has 0 radical (unpaired) electrons. The van der Waals surface area contributed by atoms with Crippen molar-refractivity contribution < 1.29 is 9.59 Å². The molecule has 0 aliphatic rings. The molecule has 0 saturated heterocycles. The summed E-state index contributed by atoms with van der Waals surface area (Å²) >= 11 is 0. The number of carbonyl (C=O) groups excluding carboxylic acids is 2. The van der Waals surface area contributed by atoms with Gasteiger partial charge in [0.1, 0.15) is 0 Å². The van der Waals surface area contributed by atoms with Gasteiger partial charge in [0.2, 0.25) is 5.91 Å². The smallest absolute Gasteiger partial charge is 0.272 e. The summed E-state index contributed by atoms with van der Waals surface area (Å²) in [6, 6.07) is 0. The van der Waals surface area contributed by atoms with Crippen LogP contribution in [0, 0.1) is 11.5 Å². The van der Waals surface area contributed by atoms with Gasteiger partial charge in [0.05, 0.1) is 0 Å². The van der Waals surface area contributed by atoms with Crippen molar-refractivity contribution in [2.45, 2.75) is 6.92 Å². The van der Waals surface area contributed by atoms with E-state index in [0.29, 0.717) is 5.01 Å². The lowest BCUT2D eigenvalue weighted by molar-refractivity contribution is -0.142. The molecule has 0 bridgehead atoms. The van der Waals surface area contributed by atoms with Crippen LogP contribution >= 0.6 is 0 Å². The van der Waals surface area contributed by atoms with Gasteiger partial charge in [-0.1, -0.05) is 6.58 Å². The molecule has 0 aliphatic heterocycles. The number of nitrogens with zero attached hydrogens (tertiary/aromatic N) is 2. The average Bonchev–Trinajstić information content (AvgIpc) is 1.98. The lowest BCUT2D eigenvalue weighted by Crippen LogP contribution is -2.42. The van der Waals surface area contributed by atoms with Crippen molar-refractivity contribution in [3.8, 4) is 6.19 Å². The number of nitriles is 1. The molecule has 0 aromatic rings. The van der Waals surface area contributed by atoms with Crippen LogP contribution in [0.25, 0.3) is 0 Å². The van der Waals surface area contributed by atoms with Crippen molar-refractivity contribution in [2.75, 3.05) is 0 Å². The molecule has 0 aromatic carbocycles. The first-order valence-corrected chi connectivity index (χ1v) is 2.75. The van der Waals surface area contributed by atoms with Crippen LogP contribution in [0.4, 0.5) is 0 Å². The molecule has 1 N–H and O–H groups in total. The van der Waals surface area contributed by atoms with Crippen LogP contribution in [0.5, 0.6) is 0 Å². The summed E-state index contributed by atoms with van der Waals surface area (Å²) in [7, 11) is 0. The Bertz CT molecular complexity index is 228. The highest BCUT2D eigenvalue weighted by Crippen LogP contribution is 1.85. The summed E-state index contributed by atoms with van der Waals surface area (Å²) in [5.74, 6) is -1.21. The maximum atomic E-state index is 10.7. The molecule has 5 nitrogen and oxygen atoms in total. The molecular formula is C6H7N3O2. The quantitative estimate of drug-likeness (QED) is 0.252. The molecular weight excluding hydrogens is 146 g/mol. The topological polar surface area (TPSA) is 73.2 Å². The summed E-state index contributed by atoms with van der Waals surface area (Å²) in [4.78, 5) is 21.3. The predicted octanol–water partition coefficient (Wildman–Crippen LogP) is -0.467. The number of hydrogen-bond donors (Lipinski definition) is 1. The Labute approximate surface area is 63.9 Å². The molecule has 0 rings (SSSR count). The molecule has 0 saturated carbocycles. The third-order valence-corrected chi connectivity index (χ3v) is 0.872. The molecule has 2 amide bonds. The van der Waals surface area contributed by atoms with Crippen molar-refractivity contribution in [1.29, 1.82) is 5.26 Å². The summed E-state index contributed by atoms with van der Waals surface area (Å²) in [6.07, 6.45) is 2.39. The first kappa shape index (κ1) is 9.17. The highest BCUT2D eigenvalue weighted by Gasteiger charge is 2.13. The number of amides is 2. The molecule has 0 heterocycles. The van der Waals surface area contributed by atoms with Gasteiger partial charge in [0, 0.05) is 6.92 Å². The number of hydrazine groups is 1. The van der Waals surface area contributed by atoms with E-state index in [-0.39, 0.29) is 0 Å². The van der Waals surface area contributed by atoms with Gasteiger partial charge in [-0.3, -0.25) is 9.59 Å². The van der Waals surface area contributed by atoms with Crippen molar-refractivity contribution in [2.24, 2.45) is 0 Å². The van der Waals surface area contributed by atoms with E-state index in [1.807, 2.05) is 5.43 Å². The van der Waals surface area contributed by atoms with Gasteiger partial charge in [-0.25, -0.2) is 5.43 Å². The molecule has 5 heteroatoms. The average molecular weight is 153 g/mol. The summed E-state index contributed by atoms with van der Waals surface area (Å²) in [6.45, 7) is 4.31. The van der Waals surface area contributed by atoms with Gasteiger partial charge in [-0.2, -0.15) is 10.3 Å². The first-order valence-electron chi connectivity index (χ1n) is 2.75. The fraction of sp³-hybridized carbons (Fsp3) is 0.167. The zero-order valence-electron chi connectivity index (χ0n) is 6.00. The van der Waals surface area contributed by atoms with Crippen LogP contribution in [0.3, 0.4) is 0 Å². The maximum Gasteiger partial charge on any atom is 0.272 e. The van der Waals surface area contributed by atoms with Crippen LogP contribution in [-0.4, -0.2) is 16.8 Å². The Kier molecular flexibility index (Phi) is 3.39. The van der Waals surface area contributed by atoms with E-state index >= 15 is 0 Å². The van der Waals surface area contributed by atoms with Gasteiger partial charge in [-0.15, -0.1) is 0 Å². The monoisotopic (exact) mass is 153 g/mol. The van der Waals surface area contributed by atoms with Gasteiger partial charge < -0.3 is 0 Å². The standard InChI is InChI=1S/C6H7N3O2/c1-3-6(11)9(5(2)10)8-4-7/h3,8H,1H2,2H3. The minimum absolute atomic E-state index is 0.559. The SMILES string of the molecule is C=CC(=O)N(NC#N)C(C)=O. The lowest BCUT2D eigenvalue weighted by atomic mass is 10.5.